The van der Waals surface area contributed by atoms with E-state index in [1.807, 2.05) is 109 Å². The molecular weight excluding hydrogens is 620 g/mol. The van der Waals surface area contributed by atoms with Gasteiger partial charge in [0.2, 0.25) is 17.7 Å². The summed E-state index contributed by atoms with van der Waals surface area (Å²) in [7, 11) is 0. The number of nitrogens with one attached hydrogen (secondary N) is 2. The second-order valence-corrected chi connectivity index (χ2v) is 14.6. The maximum atomic E-state index is 13.8. The highest BCUT2D eigenvalue weighted by Gasteiger charge is 2.31. The van der Waals surface area contributed by atoms with Crippen molar-refractivity contribution < 1.29 is 23.9 Å². The summed E-state index contributed by atoms with van der Waals surface area (Å²) in [6, 6.07) is 15.8. The molecule has 0 unspecified atom stereocenters. The van der Waals surface area contributed by atoms with Gasteiger partial charge in [-0.3, -0.25) is 14.4 Å². The van der Waals surface area contributed by atoms with E-state index in [9.17, 15) is 14.4 Å². The maximum absolute atomic E-state index is 13.8. The summed E-state index contributed by atoms with van der Waals surface area (Å²) in [6.07, 6.45) is 1.41. The fourth-order valence-corrected chi connectivity index (χ4v) is 5.74. The molecule has 4 rings (SSSR count). The Morgan fingerprint density at radius 3 is 2.31 bits per heavy atom. The first-order chi connectivity index (χ1) is 23.2. The number of nitrogens with zero attached hydrogens (tertiary/aromatic N) is 4. The Morgan fingerprint density at radius 1 is 0.898 bits per heavy atom. The topological polar surface area (TPSA) is 128 Å². The van der Waals surface area contributed by atoms with Gasteiger partial charge < -0.3 is 25.0 Å². The van der Waals surface area contributed by atoms with Crippen molar-refractivity contribution in [3.05, 3.63) is 54.1 Å². The molecular formula is C38H54N6O5. The van der Waals surface area contributed by atoms with Crippen LogP contribution in [-0.4, -0.2) is 70.2 Å². The van der Waals surface area contributed by atoms with Gasteiger partial charge in [-0.2, -0.15) is 0 Å². The summed E-state index contributed by atoms with van der Waals surface area (Å²) in [4.78, 5) is 41.0. The van der Waals surface area contributed by atoms with Gasteiger partial charge in [-0.05, 0) is 66.0 Å². The van der Waals surface area contributed by atoms with Gasteiger partial charge in [0.1, 0.15) is 5.69 Å². The number of carbonyl (C=O) groups excluding carboxylic acids is 3. The molecule has 0 radical (unpaired) electrons. The van der Waals surface area contributed by atoms with Crippen LogP contribution in [0.4, 0.5) is 5.69 Å². The lowest BCUT2D eigenvalue weighted by Gasteiger charge is -2.29. The Balaban J connectivity index is 1.37. The molecule has 11 nitrogen and oxygen atoms in total. The zero-order valence-corrected chi connectivity index (χ0v) is 30.5. The van der Waals surface area contributed by atoms with E-state index in [2.05, 4.69) is 20.9 Å². The summed E-state index contributed by atoms with van der Waals surface area (Å²) in [5.41, 5.74) is 4.05. The van der Waals surface area contributed by atoms with Crippen molar-refractivity contribution >= 4 is 23.4 Å². The monoisotopic (exact) mass is 674 g/mol. The van der Waals surface area contributed by atoms with Crippen molar-refractivity contribution in [2.75, 3.05) is 24.7 Å². The first-order valence-electron chi connectivity index (χ1n) is 17.4. The molecule has 0 saturated carbocycles. The van der Waals surface area contributed by atoms with Crippen molar-refractivity contribution in [2.45, 2.75) is 112 Å². The molecule has 0 aliphatic carbocycles. The van der Waals surface area contributed by atoms with E-state index in [4.69, 9.17) is 9.47 Å². The van der Waals surface area contributed by atoms with Crippen LogP contribution < -0.4 is 15.5 Å². The molecule has 0 bridgehead atoms. The van der Waals surface area contributed by atoms with Crippen molar-refractivity contribution in [1.29, 1.82) is 0 Å². The van der Waals surface area contributed by atoms with Crippen molar-refractivity contribution in [3.63, 3.8) is 0 Å². The highest BCUT2D eigenvalue weighted by atomic mass is 16.5. The lowest BCUT2D eigenvalue weighted by atomic mass is 9.88. The molecule has 1 aromatic heterocycles. The number of hydrogen-bond acceptors (Lipinski definition) is 7. The summed E-state index contributed by atoms with van der Waals surface area (Å²) in [5.74, 6) is -0.327. The van der Waals surface area contributed by atoms with Crippen LogP contribution in [0.3, 0.4) is 0 Å². The van der Waals surface area contributed by atoms with Crippen LogP contribution in [0.5, 0.6) is 0 Å². The number of carbonyl (C=O) groups is 3. The normalized spacial score (nSPS) is 13.0. The van der Waals surface area contributed by atoms with Crippen molar-refractivity contribution in [1.82, 2.24) is 25.6 Å². The SMILES string of the molecule is CC(C)NC(=O)C(C)(C)CCOC(C)(C)CCNC(=O)CCC(=O)N1Cc2ccccc2-c2c(nnn2CCOC(C)C)-c2ccccc21. The highest BCUT2D eigenvalue weighted by molar-refractivity contribution is 6.01. The Bertz CT molecular complexity index is 1590. The van der Waals surface area contributed by atoms with Gasteiger partial charge in [0.05, 0.1) is 42.8 Å². The average molecular weight is 675 g/mol. The average Bonchev–Trinajstić information content (AvgIpc) is 3.44. The molecule has 2 N–H and O–H groups in total. The number of hydrogen-bond donors (Lipinski definition) is 2. The largest absolute Gasteiger partial charge is 0.377 e. The van der Waals surface area contributed by atoms with Crippen molar-refractivity contribution in [2.24, 2.45) is 5.41 Å². The number of fused-ring (bicyclic) bond motifs is 5. The molecule has 0 fully saturated rings. The first kappa shape index (κ1) is 37.7. The molecule has 266 valence electrons. The fourth-order valence-electron chi connectivity index (χ4n) is 5.74. The van der Waals surface area contributed by atoms with Crippen LogP contribution in [0.25, 0.3) is 22.5 Å². The van der Waals surface area contributed by atoms with E-state index < -0.39 is 11.0 Å². The molecule has 0 spiro atoms. The van der Waals surface area contributed by atoms with Crippen molar-refractivity contribution in [3.8, 4) is 22.5 Å². The smallest absolute Gasteiger partial charge is 0.227 e. The number of benzene rings is 2. The minimum atomic E-state index is -0.542. The third kappa shape index (κ3) is 10.2. The summed E-state index contributed by atoms with van der Waals surface area (Å²) >= 11 is 0. The summed E-state index contributed by atoms with van der Waals surface area (Å²) < 4.78 is 13.8. The molecule has 1 aliphatic rings. The van der Waals surface area contributed by atoms with Gasteiger partial charge in [-0.15, -0.1) is 5.10 Å². The quantitative estimate of drug-likeness (QED) is 0.194. The molecule has 1 aliphatic heterocycles. The van der Waals surface area contributed by atoms with Crippen LogP contribution >= 0.6 is 0 Å². The van der Waals surface area contributed by atoms with E-state index in [0.717, 1.165) is 28.1 Å². The van der Waals surface area contributed by atoms with Crippen LogP contribution in [0.2, 0.25) is 0 Å². The standard InChI is InChI=1S/C38H54N6O5/c1-26(2)40-36(47)37(5,6)20-23-49-38(7,8)19-21-39-32(45)17-18-33(46)43-25-28-13-9-10-14-29(28)35-34(30-15-11-12-16-31(30)43)41-42-44(35)22-24-48-27(3)4/h9-16,26-27H,17-25H2,1-8H3,(H,39,45)(H,40,47). The lowest BCUT2D eigenvalue weighted by Crippen LogP contribution is -2.41. The van der Waals surface area contributed by atoms with Gasteiger partial charge in [-0.1, -0.05) is 61.5 Å². The zero-order valence-electron chi connectivity index (χ0n) is 30.5. The Hall–Kier alpha value is -4.09. The Morgan fingerprint density at radius 2 is 1.59 bits per heavy atom. The van der Waals surface area contributed by atoms with Gasteiger partial charge in [0.15, 0.2) is 0 Å². The number of aromatic nitrogens is 3. The number of anilines is 1. The van der Waals surface area contributed by atoms with Gasteiger partial charge in [0.25, 0.3) is 0 Å². The van der Waals surface area contributed by atoms with Crippen LogP contribution in [0.15, 0.2) is 48.5 Å². The van der Waals surface area contributed by atoms with Gasteiger partial charge in [-0.25, -0.2) is 4.68 Å². The maximum Gasteiger partial charge on any atom is 0.227 e. The third-order valence-corrected chi connectivity index (χ3v) is 8.71. The zero-order chi connectivity index (χ0) is 35.8. The molecule has 2 heterocycles. The molecule has 3 aromatic rings. The van der Waals surface area contributed by atoms with E-state index in [0.29, 0.717) is 51.4 Å². The number of para-hydroxylation sites is 1. The molecule has 3 amide bonds. The number of ether oxygens (including phenoxy) is 2. The predicted octanol–water partition coefficient (Wildman–Crippen LogP) is 5.91. The first-order valence-corrected chi connectivity index (χ1v) is 17.4. The molecule has 0 atom stereocenters. The number of amides is 3. The van der Waals surface area contributed by atoms with E-state index >= 15 is 0 Å². The van der Waals surface area contributed by atoms with E-state index in [1.54, 1.807) is 4.90 Å². The van der Waals surface area contributed by atoms with E-state index in [1.165, 1.54) is 0 Å². The second-order valence-electron chi connectivity index (χ2n) is 14.6. The second kappa shape index (κ2) is 16.5. The minimum absolute atomic E-state index is 0.00901. The minimum Gasteiger partial charge on any atom is -0.377 e. The predicted molar refractivity (Wildman–Crippen MR) is 192 cm³/mol. The van der Waals surface area contributed by atoms with Gasteiger partial charge >= 0.3 is 0 Å². The van der Waals surface area contributed by atoms with E-state index in [-0.39, 0.29) is 42.7 Å². The highest BCUT2D eigenvalue weighted by Crippen LogP contribution is 2.41. The van der Waals surface area contributed by atoms with Crippen LogP contribution in [0.1, 0.15) is 86.6 Å². The summed E-state index contributed by atoms with van der Waals surface area (Å²) in [6.45, 7) is 17.9. The Labute approximate surface area is 291 Å². The van der Waals surface area contributed by atoms with Crippen LogP contribution in [-0.2, 0) is 36.9 Å². The fraction of sp³-hybridized carbons (Fsp3) is 0.553. The number of rotatable bonds is 16. The lowest BCUT2D eigenvalue weighted by molar-refractivity contribution is -0.132. The molecule has 0 saturated heterocycles. The molecule has 49 heavy (non-hydrogen) atoms. The summed E-state index contributed by atoms with van der Waals surface area (Å²) in [5, 5.41) is 15.0. The Kier molecular flexibility index (Phi) is 12.7. The van der Waals surface area contributed by atoms with Crippen LogP contribution in [0, 0.1) is 5.41 Å². The third-order valence-electron chi connectivity index (χ3n) is 8.71. The molecule has 2 aromatic carbocycles. The molecule has 11 heteroatoms. The van der Waals surface area contributed by atoms with Gasteiger partial charge in [0, 0.05) is 48.6 Å².